The van der Waals surface area contributed by atoms with Crippen LogP contribution in [0.1, 0.15) is 44.7 Å². The van der Waals surface area contributed by atoms with Crippen molar-refractivity contribution in [1.82, 2.24) is 0 Å². The highest BCUT2D eigenvalue weighted by Crippen LogP contribution is 2.34. The van der Waals surface area contributed by atoms with Gasteiger partial charge in [-0.25, -0.2) is 8.78 Å². The summed E-state index contributed by atoms with van der Waals surface area (Å²) in [6, 6.07) is 1.45. The van der Waals surface area contributed by atoms with E-state index in [0.717, 1.165) is 18.9 Å². The number of rotatable bonds is 4. The predicted octanol–water partition coefficient (Wildman–Crippen LogP) is 2.64. The second-order valence-electron chi connectivity index (χ2n) is 7.11. The number of benzene rings is 1. The van der Waals surface area contributed by atoms with Gasteiger partial charge in [-0.2, -0.15) is 0 Å². The summed E-state index contributed by atoms with van der Waals surface area (Å²) in [4.78, 5) is 16.1. The van der Waals surface area contributed by atoms with Gasteiger partial charge in [0.2, 0.25) is 5.91 Å². The highest BCUT2D eigenvalue weighted by Gasteiger charge is 2.38. The molecule has 2 atom stereocenters. The van der Waals surface area contributed by atoms with E-state index in [1.807, 2.05) is 0 Å². The second-order valence-corrected chi connectivity index (χ2v) is 9.15. The molecule has 25 heavy (non-hydrogen) atoms. The SMILES string of the molecule is CC1(C)C(N)=NC(c2cc(NC(=O)CC3CC3)cc(F)c2F)CS1=O. The molecule has 8 heteroatoms. The minimum absolute atomic E-state index is 0.0452. The number of aliphatic imine (C=N–C) groups is 1. The number of nitrogens with two attached hydrogens (primary N) is 1. The van der Waals surface area contributed by atoms with Crippen LogP contribution in [-0.4, -0.2) is 26.5 Å². The topological polar surface area (TPSA) is 84.5 Å². The molecular formula is C17H21F2N3O2S. The summed E-state index contributed by atoms with van der Waals surface area (Å²) in [6.45, 7) is 3.40. The summed E-state index contributed by atoms with van der Waals surface area (Å²) in [7, 11) is -1.38. The van der Waals surface area contributed by atoms with Crippen LogP contribution in [0.15, 0.2) is 17.1 Å². The van der Waals surface area contributed by atoms with Crippen LogP contribution in [0.4, 0.5) is 14.5 Å². The van der Waals surface area contributed by atoms with Crippen molar-refractivity contribution >= 4 is 28.2 Å². The summed E-state index contributed by atoms with van der Waals surface area (Å²) in [5, 5.41) is 2.60. The Labute approximate surface area is 147 Å². The minimum Gasteiger partial charge on any atom is -0.386 e. The molecule has 3 N–H and O–H groups in total. The summed E-state index contributed by atoms with van der Waals surface area (Å²) in [5.74, 6) is -1.79. The molecule has 136 valence electrons. The number of nitrogens with zero attached hydrogens (tertiary/aromatic N) is 1. The van der Waals surface area contributed by atoms with Crippen molar-refractivity contribution in [2.24, 2.45) is 16.6 Å². The van der Waals surface area contributed by atoms with Gasteiger partial charge in [0.05, 0.1) is 16.5 Å². The van der Waals surface area contributed by atoms with Crippen LogP contribution in [0, 0.1) is 17.6 Å². The third-order valence-corrected chi connectivity index (χ3v) is 6.63. The van der Waals surface area contributed by atoms with Crippen LogP contribution in [0.5, 0.6) is 0 Å². The van der Waals surface area contributed by atoms with Crippen molar-refractivity contribution < 1.29 is 17.8 Å². The molecule has 2 aliphatic rings. The van der Waals surface area contributed by atoms with Crippen LogP contribution < -0.4 is 11.1 Å². The van der Waals surface area contributed by atoms with Crippen molar-refractivity contribution in [3.05, 3.63) is 29.3 Å². The third-order valence-electron chi connectivity index (χ3n) is 4.66. The molecular weight excluding hydrogens is 348 g/mol. The van der Waals surface area contributed by atoms with E-state index in [1.165, 1.54) is 6.07 Å². The Morgan fingerprint density at radius 3 is 2.68 bits per heavy atom. The average Bonchev–Trinajstić information content (AvgIpc) is 3.32. The lowest BCUT2D eigenvalue weighted by Crippen LogP contribution is -2.47. The van der Waals surface area contributed by atoms with Gasteiger partial charge in [0, 0.05) is 34.5 Å². The Kier molecular flexibility index (Phi) is 4.66. The third kappa shape index (κ3) is 3.73. The fourth-order valence-corrected chi connectivity index (χ4v) is 3.95. The number of nitrogens with one attached hydrogen (secondary N) is 1. The maximum absolute atomic E-state index is 14.3. The van der Waals surface area contributed by atoms with Gasteiger partial charge in [0.25, 0.3) is 0 Å². The fourth-order valence-electron chi connectivity index (χ4n) is 2.71. The minimum atomic E-state index is -1.38. The Morgan fingerprint density at radius 1 is 1.40 bits per heavy atom. The van der Waals surface area contributed by atoms with Crippen molar-refractivity contribution in [1.29, 1.82) is 0 Å². The summed E-state index contributed by atoms with van der Waals surface area (Å²) >= 11 is 0. The number of hydrogen-bond donors (Lipinski definition) is 2. The second kappa shape index (κ2) is 6.48. The number of halogens is 2. The first-order valence-corrected chi connectivity index (χ1v) is 9.51. The zero-order valence-corrected chi connectivity index (χ0v) is 15.0. The monoisotopic (exact) mass is 369 g/mol. The summed E-state index contributed by atoms with van der Waals surface area (Å²) in [5.41, 5.74) is 5.99. The Balaban J connectivity index is 1.89. The normalized spacial score (nSPS) is 25.4. The molecule has 1 amide bonds. The quantitative estimate of drug-likeness (QED) is 0.856. The van der Waals surface area contributed by atoms with E-state index in [9.17, 15) is 17.8 Å². The van der Waals surface area contributed by atoms with Gasteiger partial charge >= 0.3 is 0 Å². The van der Waals surface area contributed by atoms with Crippen LogP contribution in [0.3, 0.4) is 0 Å². The Bertz CT molecular complexity index is 775. The van der Waals surface area contributed by atoms with Gasteiger partial charge in [-0.15, -0.1) is 0 Å². The first-order valence-electron chi connectivity index (χ1n) is 8.19. The molecule has 5 nitrogen and oxygen atoms in total. The van der Waals surface area contributed by atoms with Crippen molar-refractivity contribution in [3.8, 4) is 0 Å². The number of anilines is 1. The van der Waals surface area contributed by atoms with E-state index in [4.69, 9.17) is 5.73 Å². The molecule has 3 rings (SSSR count). The zero-order chi connectivity index (χ0) is 18.4. The summed E-state index contributed by atoms with van der Waals surface area (Å²) in [6.07, 6.45) is 2.42. The van der Waals surface area contributed by atoms with Crippen molar-refractivity contribution in [3.63, 3.8) is 0 Å². The summed E-state index contributed by atoms with van der Waals surface area (Å²) < 4.78 is 39.8. The lowest BCUT2D eigenvalue weighted by atomic mass is 10.1. The zero-order valence-electron chi connectivity index (χ0n) is 14.1. The lowest BCUT2D eigenvalue weighted by molar-refractivity contribution is -0.116. The Morgan fingerprint density at radius 2 is 2.08 bits per heavy atom. The first-order chi connectivity index (χ1) is 11.7. The molecule has 1 aliphatic heterocycles. The van der Waals surface area contributed by atoms with Crippen LogP contribution in [0.25, 0.3) is 0 Å². The molecule has 0 spiro atoms. The molecule has 1 fully saturated rings. The largest absolute Gasteiger partial charge is 0.386 e. The lowest BCUT2D eigenvalue weighted by Gasteiger charge is -2.31. The maximum Gasteiger partial charge on any atom is 0.224 e. The number of carbonyl (C=O) groups excluding carboxylic acids is 1. The molecule has 0 radical (unpaired) electrons. The number of hydrogen-bond acceptors (Lipinski definition) is 4. The highest BCUT2D eigenvalue weighted by atomic mass is 32.2. The molecule has 2 unspecified atom stereocenters. The van der Waals surface area contributed by atoms with Crippen LogP contribution in [-0.2, 0) is 15.6 Å². The van der Waals surface area contributed by atoms with Gasteiger partial charge < -0.3 is 11.1 Å². The predicted molar refractivity (Wildman–Crippen MR) is 93.8 cm³/mol. The maximum atomic E-state index is 14.3. The molecule has 0 bridgehead atoms. The first kappa shape index (κ1) is 18.0. The number of amides is 1. The molecule has 0 aromatic heterocycles. The highest BCUT2D eigenvalue weighted by molar-refractivity contribution is 7.87. The molecule has 1 heterocycles. The number of amidine groups is 1. The van der Waals surface area contributed by atoms with Crippen molar-refractivity contribution in [2.45, 2.75) is 43.9 Å². The molecule has 1 aromatic rings. The average molecular weight is 369 g/mol. The van der Waals surface area contributed by atoms with E-state index in [0.29, 0.717) is 12.3 Å². The standard InChI is InChI=1S/C17H21F2N3O2S/c1-17(2)16(20)22-13(8-25(17)24)11-6-10(7-12(18)15(11)19)21-14(23)5-9-3-4-9/h6-7,9,13H,3-5,8H2,1-2H3,(H2,20,22)(H,21,23). The van der Waals surface area contributed by atoms with Gasteiger partial charge in [-0.1, -0.05) is 0 Å². The van der Waals surface area contributed by atoms with E-state index in [2.05, 4.69) is 10.3 Å². The Hall–Kier alpha value is -1.83. The van der Waals surface area contributed by atoms with E-state index in [1.54, 1.807) is 13.8 Å². The van der Waals surface area contributed by atoms with E-state index < -0.39 is 33.2 Å². The van der Waals surface area contributed by atoms with Crippen LogP contribution in [0.2, 0.25) is 0 Å². The molecule has 0 saturated heterocycles. The van der Waals surface area contributed by atoms with Gasteiger partial charge in [0.15, 0.2) is 11.6 Å². The van der Waals surface area contributed by atoms with Gasteiger partial charge in [-0.3, -0.25) is 14.0 Å². The number of carbonyl (C=O) groups is 1. The van der Waals surface area contributed by atoms with E-state index in [-0.39, 0.29) is 28.7 Å². The van der Waals surface area contributed by atoms with Gasteiger partial charge in [0.1, 0.15) is 5.84 Å². The molecule has 1 aliphatic carbocycles. The van der Waals surface area contributed by atoms with Crippen molar-refractivity contribution in [2.75, 3.05) is 11.1 Å². The van der Waals surface area contributed by atoms with Crippen LogP contribution >= 0.6 is 0 Å². The molecule has 1 aromatic carbocycles. The smallest absolute Gasteiger partial charge is 0.224 e. The van der Waals surface area contributed by atoms with E-state index >= 15 is 0 Å². The van der Waals surface area contributed by atoms with Gasteiger partial charge in [-0.05, 0) is 38.7 Å². The fraction of sp³-hybridized carbons (Fsp3) is 0.529. The molecule has 1 saturated carbocycles.